The normalized spacial score (nSPS) is 15.2. The van der Waals surface area contributed by atoms with Crippen LogP contribution in [0.2, 0.25) is 0 Å². The van der Waals surface area contributed by atoms with E-state index in [4.69, 9.17) is 15.2 Å². The number of rotatable bonds is 5. The lowest BCUT2D eigenvalue weighted by Gasteiger charge is -2.25. The van der Waals surface area contributed by atoms with Gasteiger partial charge in [0, 0.05) is 17.2 Å². The van der Waals surface area contributed by atoms with Crippen LogP contribution in [-0.4, -0.2) is 49.7 Å². The molecule has 0 aliphatic carbocycles. The molecule has 5 aromatic rings. The molecule has 196 valence electrons. The Bertz CT molecular complexity index is 1770. The standard InChI is InChI=1S/C28H25N7O4/c29-26-25-21(12-22(18-13-39-14-18)34(25)31-16-30-26)17-6-8-19(9-7-17)32-27(36)24-23-15-38-11-10-33(23)35(28(24)37)20-4-2-1-3-5-20/h1-9,12,16,18H,10-11,13-15H2,(H,32,36)(H2,29,30,31). The molecule has 1 saturated heterocycles. The van der Waals surface area contributed by atoms with Gasteiger partial charge in [-0.25, -0.2) is 14.2 Å². The van der Waals surface area contributed by atoms with Gasteiger partial charge < -0.3 is 20.5 Å². The zero-order valence-electron chi connectivity index (χ0n) is 20.9. The molecule has 2 aromatic carbocycles. The average Bonchev–Trinajstić information content (AvgIpc) is 3.44. The number of nitrogens with two attached hydrogens (primary N) is 1. The number of carbonyl (C=O) groups excluding carboxylic acids is 1. The van der Waals surface area contributed by atoms with E-state index in [2.05, 4.69) is 21.5 Å². The van der Waals surface area contributed by atoms with Crippen LogP contribution in [-0.2, 0) is 22.6 Å². The van der Waals surface area contributed by atoms with Crippen molar-refractivity contribution in [3.8, 4) is 16.8 Å². The molecule has 0 spiro atoms. The Hall–Kier alpha value is -4.74. The van der Waals surface area contributed by atoms with E-state index in [9.17, 15) is 9.59 Å². The van der Waals surface area contributed by atoms with E-state index in [0.29, 0.717) is 49.3 Å². The lowest BCUT2D eigenvalue weighted by atomic mass is 10.0. The second-order valence-electron chi connectivity index (χ2n) is 9.60. The maximum atomic E-state index is 13.5. The molecule has 0 saturated carbocycles. The molecule has 11 nitrogen and oxygen atoms in total. The second kappa shape index (κ2) is 9.22. The predicted octanol–water partition coefficient (Wildman–Crippen LogP) is 2.83. The number of hydrogen-bond donors (Lipinski definition) is 2. The summed E-state index contributed by atoms with van der Waals surface area (Å²) >= 11 is 0. The van der Waals surface area contributed by atoms with E-state index in [1.54, 1.807) is 16.8 Å². The van der Waals surface area contributed by atoms with Crippen molar-refractivity contribution in [2.24, 2.45) is 0 Å². The SMILES string of the molecule is Nc1ncnn2c(C3COC3)cc(-c3ccc(NC(=O)c4c5n(n(-c6ccccc6)c4=O)CCOC5)cc3)c12. The Morgan fingerprint density at radius 3 is 2.59 bits per heavy atom. The first-order valence-corrected chi connectivity index (χ1v) is 12.7. The molecule has 2 aliphatic heterocycles. The van der Waals surface area contributed by atoms with Gasteiger partial charge in [-0.1, -0.05) is 30.3 Å². The number of nitrogens with zero attached hydrogens (tertiary/aromatic N) is 5. The maximum Gasteiger partial charge on any atom is 0.284 e. The molecule has 0 unspecified atom stereocenters. The Morgan fingerprint density at radius 2 is 1.85 bits per heavy atom. The number of benzene rings is 2. The molecule has 5 heterocycles. The molecule has 0 bridgehead atoms. The van der Waals surface area contributed by atoms with Gasteiger partial charge in [-0.3, -0.25) is 14.3 Å². The van der Waals surface area contributed by atoms with Crippen molar-refractivity contribution in [2.75, 3.05) is 30.9 Å². The molecule has 1 fully saturated rings. The fraction of sp³-hybridized carbons (Fsp3) is 0.214. The Kier molecular flexibility index (Phi) is 5.53. The number of amides is 1. The maximum absolute atomic E-state index is 13.5. The third-order valence-corrected chi connectivity index (χ3v) is 7.28. The highest BCUT2D eigenvalue weighted by molar-refractivity contribution is 6.05. The molecule has 0 radical (unpaired) electrons. The predicted molar refractivity (Wildman–Crippen MR) is 144 cm³/mol. The van der Waals surface area contributed by atoms with E-state index >= 15 is 0 Å². The van der Waals surface area contributed by atoms with Crippen LogP contribution in [0.25, 0.3) is 22.3 Å². The molecular formula is C28H25N7O4. The minimum atomic E-state index is -0.476. The van der Waals surface area contributed by atoms with E-state index in [1.165, 1.54) is 6.33 Å². The molecule has 3 aromatic heterocycles. The Balaban J connectivity index is 1.21. The summed E-state index contributed by atoms with van der Waals surface area (Å²) in [4.78, 5) is 31.0. The zero-order chi connectivity index (χ0) is 26.5. The first kappa shape index (κ1) is 23.4. The molecule has 3 N–H and O–H groups in total. The smallest absolute Gasteiger partial charge is 0.284 e. The fourth-order valence-electron chi connectivity index (χ4n) is 5.28. The van der Waals surface area contributed by atoms with Gasteiger partial charge in [0.05, 0.1) is 50.0 Å². The third kappa shape index (κ3) is 3.82. The molecule has 0 atom stereocenters. The average molecular weight is 524 g/mol. The van der Waals surface area contributed by atoms with Gasteiger partial charge in [-0.2, -0.15) is 5.10 Å². The van der Waals surface area contributed by atoms with Crippen LogP contribution in [0.3, 0.4) is 0 Å². The van der Waals surface area contributed by atoms with Crippen LogP contribution in [0.1, 0.15) is 27.7 Å². The molecule has 1 amide bonds. The number of aromatic nitrogens is 5. The van der Waals surface area contributed by atoms with Crippen LogP contribution in [0.15, 0.2) is 71.8 Å². The van der Waals surface area contributed by atoms with E-state index in [-0.39, 0.29) is 23.6 Å². The number of ether oxygens (including phenoxy) is 2. The molecular weight excluding hydrogens is 498 g/mol. The van der Waals surface area contributed by atoms with Crippen molar-refractivity contribution in [3.05, 3.63) is 94.3 Å². The first-order chi connectivity index (χ1) is 19.1. The van der Waals surface area contributed by atoms with Gasteiger partial charge in [0.15, 0.2) is 5.82 Å². The lowest BCUT2D eigenvalue weighted by Crippen LogP contribution is -2.26. The van der Waals surface area contributed by atoms with Crippen LogP contribution >= 0.6 is 0 Å². The highest BCUT2D eigenvalue weighted by Gasteiger charge is 2.29. The van der Waals surface area contributed by atoms with Gasteiger partial charge in [-0.05, 0) is 35.9 Å². The zero-order valence-corrected chi connectivity index (χ0v) is 20.9. The largest absolute Gasteiger partial charge is 0.382 e. The van der Waals surface area contributed by atoms with E-state index in [1.807, 2.05) is 51.7 Å². The summed E-state index contributed by atoms with van der Waals surface area (Å²) in [6.07, 6.45) is 1.45. The molecule has 11 heteroatoms. The van der Waals surface area contributed by atoms with Crippen LogP contribution in [0.4, 0.5) is 11.5 Å². The van der Waals surface area contributed by atoms with Crippen molar-refractivity contribution in [1.29, 1.82) is 0 Å². The summed E-state index contributed by atoms with van der Waals surface area (Å²) in [6, 6.07) is 18.8. The minimum absolute atomic E-state index is 0.0818. The van der Waals surface area contributed by atoms with Crippen molar-refractivity contribution < 1.29 is 14.3 Å². The quantitative estimate of drug-likeness (QED) is 0.362. The number of nitrogens with one attached hydrogen (secondary N) is 1. The molecule has 7 rings (SSSR count). The van der Waals surface area contributed by atoms with Crippen LogP contribution in [0, 0.1) is 0 Å². The number of anilines is 2. The summed E-state index contributed by atoms with van der Waals surface area (Å²) in [6.45, 7) is 2.42. The van der Waals surface area contributed by atoms with E-state index in [0.717, 1.165) is 22.3 Å². The number of hydrogen-bond acceptors (Lipinski definition) is 7. The number of para-hydroxylation sites is 1. The van der Waals surface area contributed by atoms with Crippen molar-refractivity contribution in [2.45, 2.75) is 19.1 Å². The van der Waals surface area contributed by atoms with Crippen molar-refractivity contribution in [3.63, 3.8) is 0 Å². The number of nitrogen functional groups attached to an aromatic ring is 1. The molecule has 2 aliphatic rings. The van der Waals surface area contributed by atoms with Crippen molar-refractivity contribution >= 4 is 22.9 Å². The third-order valence-electron chi connectivity index (χ3n) is 7.28. The van der Waals surface area contributed by atoms with Gasteiger partial charge in [0.25, 0.3) is 11.5 Å². The Morgan fingerprint density at radius 1 is 1.05 bits per heavy atom. The summed E-state index contributed by atoms with van der Waals surface area (Å²) in [7, 11) is 0. The number of carbonyl (C=O) groups is 1. The van der Waals surface area contributed by atoms with Crippen LogP contribution < -0.4 is 16.6 Å². The van der Waals surface area contributed by atoms with Gasteiger partial charge in [0.2, 0.25) is 0 Å². The summed E-state index contributed by atoms with van der Waals surface area (Å²) in [5.74, 6) is 0.159. The second-order valence-corrected chi connectivity index (χ2v) is 9.60. The lowest BCUT2D eigenvalue weighted by molar-refractivity contribution is 0.00605. The number of fused-ring (bicyclic) bond motifs is 2. The highest BCUT2D eigenvalue weighted by atomic mass is 16.5. The van der Waals surface area contributed by atoms with Gasteiger partial charge in [0.1, 0.15) is 17.4 Å². The topological polar surface area (TPSA) is 131 Å². The summed E-state index contributed by atoms with van der Waals surface area (Å²) in [5.41, 5.74) is 11.3. The van der Waals surface area contributed by atoms with Crippen LogP contribution in [0.5, 0.6) is 0 Å². The Labute approximate surface area is 222 Å². The van der Waals surface area contributed by atoms with E-state index < -0.39 is 5.91 Å². The van der Waals surface area contributed by atoms with Crippen molar-refractivity contribution in [1.82, 2.24) is 24.0 Å². The minimum Gasteiger partial charge on any atom is -0.382 e. The molecule has 39 heavy (non-hydrogen) atoms. The monoisotopic (exact) mass is 523 g/mol. The summed E-state index contributed by atoms with van der Waals surface area (Å²) in [5, 5.41) is 7.31. The van der Waals surface area contributed by atoms with Gasteiger partial charge >= 0.3 is 0 Å². The summed E-state index contributed by atoms with van der Waals surface area (Å²) < 4.78 is 16.2. The first-order valence-electron chi connectivity index (χ1n) is 12.7. The highest BCUT2D eigenvalue weighted by Crippen LogP contribution is 2.35. The van der Waals surface area contributed by atoms with Gasteiger partial charge in [-0.15, -0.1) is 0 Å². The fourth-order valence-corrected chi connectivity index (χ4v) is 5.28.